The topological polar surface area (TPSA) is 106 Å². The van der Waals surface area contributed by atoms with Gasteiger partial charge in [-0.1, -0.05) is 17.7 Å². The number of amides is 1. The molecule has 0 aromatic heterocycles. The number of ether oxygens (including phenoxy) is 3. The van der Waals surface area contributed by atoms with Gasteiger partial charge in [0.25, 0.3) is 5.91 Å². The summed E-state index contributed by atoms with van der Waals surface area (Å²) >= 11 is 7.21. The number of carboxylic acids is 1. The fourth-order valence-electron chi connectivity index (χ4n) is 2.63. The Labute approximate surface area is 187 Å². The second kappa shape index (κ2) is 10.2. The second-order valence-corrected chi connectivity index (χ2v) is 7.59. The van der Waals surface area contributed by atoms with Gasteiger partial charge in [-0.25, -0.2) is 9.79 Å². The Morgan fingerprint density at radius 2 is 1.97 bits per heavy atom. The smallest absolute Gasteiger partial charge is 0.341 e. The second-order valence-electron chi connectivity index (χ2n) is 6.12. The number of nitrogens with zero attached hydrogens (tertiary/aromatic N) is 1. The molecule has 0 spiro atoms. The average molecular weight is 463 g/mol. The van der Waals surface area contributed by atoms with Gasteiger partial charge in [-0.15, -0.1) is 0 Å². The van der Waals surface area contributed by atoms with Crippen LogP contribution in [-0.4, -0.2) is 42.5 Å². The number of benzene rings is 2. The minimum atomic E-state index is -1.09. The van der Waals surface area contributed by atoms with Crippen LogP contribution in [0.5, 0.6) is 17.2 Å². The van der Waals surface area contributed by atoms with Crippen molar-refractivity contribution in [2.45, 2.75) is 6.92 Å². The minimum Gasteiger partial charge on any atom is -0.494 e. The molecular formula is C21H19ClN2O6S. The summed E-state index contributed by atoms with van der Waals surface area (Å²) in [7, 11) is 1.53. The Bertz CT molecular complexity index is 1070. The molecule has 2 N–H and O–H groups in total. The van der Waals surface area contributed by atoms with E-state index in [1.54, 1.807) is 49.4 Å². The van der Waals surface area contributed by atoms with Crippen molar-refractivity contribution in [2.75, 3.05) is 20.3 Å². The molecule has 0 saturated carbocycles. The normalized spacial score (nSPS) is 15.8. The Kier molecular flexibility index (Phi) is 7.43. The number of thioether (sulfide) groups is 1. The maximum absolute atomic E-state index is 12.4. The van der Waals surface area contributed by atoms with Gasteiger partial charge in [-0.05, 0) is 60.7 Å². The van der Waals surface area contributed by atoms with Gasteiger partial charge in [0.05, 0.1) is 18.6 Å². The van der Waals surface area contributed by atoms with Gasteiger partial charge < -0.3 is 24.6 Å². The number of aliphatic imine (C=N–C) groups is 1. The molecule has 0 radical (unpaired) electrons. The number of aliphatic carboxylic acids is 1. The highest BCUT2D eigenvalue weighted by molar-refractivity contribution is 8.18. The SMILES string of the molecule is CCOc1cc(/C=C2\SC(=Nc3cc(Cl)ccc3OC)NC2=O)ccc1OCC(=O)O. The molecule has 31 heavy (non-hydrogen) atoms. The van der Waals surface area contributed by atoms with Crippen LogP contribution in [0.1, 0.15) is 12.5 Å². The number of halogens is 1. The molecule has 8 nitrogen and oxygen atoms in total. The highest BCUT2D eigenvalue weighted by atomic mass is 35.5. The van der Waals surface area contributed by atoms with Gasteiger partial charge in [0, 0.05) is 5.02 Å². The zero-order valence-electron chi connectivity index (χ0n) is 16.7. The molecule has 1 aliphatic heterocycles. The van der Waals surface area contributed by atoms with Gasteiger partial charge in [0.1, 0.15) is 11.4 Å². The molecule has 1 saturated heterocycles. The lowest BCUT2D eigenvalue weighted by Crippen LogP contribution is -2.19. The molecule has 0 unspecified atom stereocenters. The average Bonchev–Trinajstić information content (AvgIpc) is 3.06. The Balaban J connectivity index is 1.84. The van der Waals surface area contributed by atoms with E-state index < -0.39 is 12.6 Å². The number of carbonyl (C=O) groups is 2. The van der Waals surface area contributed by atoms with Crippen molar-refractivity contribution in [3.63, 3.8) is 0 Å². The molecule has 1 aliphatic rings. The quantitative estimate of drug-likeness (QED) is 0.568. The van der Waals surface area contributed by atoms with Gasteiger partial charge in [-0.2, -0.15) is 0 Å². The third-order valence-electron chi connectivity index (χ3n) is 3.93. The first kappa shape index (κ1) is 22.5. The fourth-order valence-corrected chi connectivity index (χ4v) is 3.63. The number of carboxylic acid groups (broad SMARTS) is 1. The summed E-state index contributed by atoms with van der Waals surface area (Å²) in [5.41, 5.74) is 1.18. The molecule has 10 heteroatoms. The lowest BCUT2D eigenvalue weighted by molar-refractivity contribution is -0.139. The number of nitrogens with one attached hydrogen (secondary N) is 1. The molecule has 162 valence electrons. The fraction of sp³-hybridized carbons (Fsp3) is 0.190. The van der Waals surface area contributed by atoms with E-state index in [2.05, 4.69) is 10.3 Å². The Morgan fingerprint density at radius 1 is 1.19 bits per heavy atom. The van der Waals surface area contributed by atoms with E-state index in [1.165, 1.54) is 18.9 Å². The van der Waals surface area contributed by atoms with Crippen LogP contribution in [0.4, 0.5) is 5.69 Å². The first-order chi connectivity index (χ1) is 14.9. The summed E-state index contributed by atoms with van der Waals surface area (Å²) < 4.78 is 16.1. The molecule has 0 bridgehead atoms. The van der Waals surface area contributed by atoms with Crippen LogP contribution in [0.3, 0.4) is 0 Å². The summed E-state index contributed by atoms with van der Waals surface area (Å²) in [6, 6.07) is 10.0. The number of methoxy groups -OCH3 is 1. The number of rotatable bonds is 8. The molecule has 1 fully saturated rings. The first-order valence-electron chi connectivity index (χ1n) is 9.14. The van der Waals surface area contributed by atoms with E-state index in [1.807, 2.05) is 0 Å². The Morgan fingerprint density at radius 3 is 2.68 bits per heavy atom. The van der Waals surface area contributed by atoms with Crippen molar-refractivity contribution < 1.29 is 28.9 Å². The van der Waals surface area contributed by atoms with Crippen molar-refractivity contribution >= 4 is 52.2 Å². The summed E-state index contributed by atoms with van der Waals surface area (Å²) in [6.45, 7) is 1.70. The van der Waals surface area contributed by atoms with Crippen LogP contribution in [-0.2, 0) is 9.59 Å². The van der Waals surface area contributed by atoms with Crippen LogP contribution < -0.4 is 19.5 Å². The molecule has 1 heterocycles. The van der Waals surface area contributed by atoms with Crippen molar-refractivity contribution in [1.29, 1.82) is 0 Å². The van der Waals surface area contributed by atoms with Crippen LogP contribution in [0, 0.1) is 0 Å². The van der Waals surface area contributed by atoms with E-state index >= 15 is 0 Å². The highest BCUT2D eigenvalue weighted by Gasteiger charge is 2.24. The number of hydrogen-bond acceptors (Lipinski definition) is 7. The van der Waals surface area contributed by atoms with Gasteiger partial charge >= 0.3 is 5.97 Å². The summed E-state index contributed by atoms with van der Waals surface area (Å²) in [6.07, 6.45) is 1.68. The van der Waals surface area contributed by atoms with Crippen molar-refractivity contribution in [1.82, 2.24) is 5.32 Å². The molecule has 0 aliphatic carbocycles. The molecular weight excluding hydrogens is 444 g/mol. The van der Waals surface area contributed by atoms with E-state index in [4.69, 9.17) is 30.9 Å². The maximum atomic E-state index is 12.4. The zero-order valence-corrected chi connectivity index (χ0v) is 18.2. The predicted molar refractivity (Wildman–Crippen MR) is 120 cm³/mol. The van der Waals surface area contributed by atoms with Crippen molar-refractivity contribution in [3.8, 4) is 17.2 Å². The summed E-state index contributed by atoms with van der Waals surface area (Å²) in [5, 5.41) is 12.4. The largest absolute Gasteiger partial charge is 0.494 e. The first-order valence-corrected chi connectivity index (χ1v) is 10.3. The third-order valence-corrected chi connectivity index (χ3v) is 5.08. The van der Waals surface area contributed by atoms with Crippen LogP contribution >= 0.6 is 23.4 Å². The molecule has 2 aromatic rings. The molecule has 2 aromatic carbocycles. The lowest BCUT2D eigenvalue weighted by atomic mass is 10.2. The van der Waals surface area contributed by atoms with Gasteiger partial charge in [0.15, 0.2) is 23.3 Å². The minimum absolute atomic E-state index is 0.297. The van der Waals surface area contributed by atoms with E-state index in [-0.39, 0.29) is 5.91 Å². The number of carbonyl (C=O) groups excluding carboxylic acids is 1. The van der Waals surface area contributed by atoms with Crippen LogP contribution in [0.25, 0.3) is 6.08 Å². The van der Waals surface area contributed by atoms with E-state index in [9.17, 15) is 9.59 Å². The van der Waals surface area contributed by atoms with Crippen LogP contribution in [0.15, 0.2) is 46.3 Å². The monoisotopic (exact) mass is 462 g/mol. The number of hydrogen-bond donors (Lipinski definition) is 2. The standard InChI is InChI=1S/C21H19ClN2O6S/c1-3-29-17-8-12(4-6-16(17)30-11-19(25)26)9-18-20(27)24-21(31-18)23-14-10-13(22)5-7-15(14)28-2/h4-10H,3,11H2,1-2H3,(H,25,26)(H,23,24,27)/b18-9-. The maximum Gasteiger partial charge on any atom is 0.341 e. The van der Waals surface area contributed by atoms with Gasteiger partial charge in [-0.3, -0.25) is 4.79 Å². The van der Waals surface area contributed by atoms with Gasteiger partial charge in [0.2, 0.25) is 0 Å². The van der Waals surface area contributed by atoms with E-state index in [0.717, 1.165) is 0 Å². The van der Waals surface area contributed by atoms with Crippen LogP contribution in [0.2, 0.25) is 5.02 Å². The van der Waals surface area contributed by atoms with Crippen molar-refractivity contribution in [3.05, 3.63) is 51.9 Å². The Hall–Kier alpha value is -3.17. The summed E-state index contributed by atoms with van der Waals surface area (Å²) in [4.78, 5) is 28.0. The zero-order chi connectivity index (χ0) is 22.4. The molecule has 1 amide bonds. The predicted octanol–water partition coefficient (Wildman–Crippen LogP) is 4.10. The number of amidine groups is 1. The van der Waals surface area contributed by atoms with E-state index in [0.29, 0.717) is 50.2 Å². The summed E-state index contributed by atoms with van der Waals surface area (Å²) in [5.74, 6) is -0.156. The molecule has 3 rings (SSSR count). The third kappa shape index (κ3) is 5.93. The lowest BCUT2D eigenvalue weighted by Gasteiger charge is -2.11. The highest BCUT2D eigenvalue weighted by Crippen LogP contribution is 2.35. The van der Waals surface area contributed by atoms with Crippen molar-refractivity contribution in [2.24, 2.45) is 4.99 Å². The molecule has 0 atom stereocenters.